The first-order chi connectivity index (χ1) is 17.2. The third kappa shape index (κ3) is 6.80. The van der Waals surface area contributed by atoms with Crippen molar-refractivity contribution in [3.63, 3.8) is 0 Å². The minimum absolute atomic E-state index is 0.0417. The van der Waals surface area contributed by atoms with E-state index in [1.54, 1.807) is 42.5 Å². The molecule has 0 saturated carbocycles. The summed E-state index contributed by atoms with van der Waals surface area (Å²) in [6.07, 6.45) is 4.60. The van der Waals surface area contributed by atoms with E-state index in [4.69, 9.17) is 46.4 Å². The predicted octanol–water partition coefficient (Wildman–Crippen LogP) is 7.35. The summed E-state index contributed by atoms with van der Waals surface area (Å²) in [5, 5.41) is 6.94. The lowest BCUT2D eigenvalue weighted by Gasteiger charge is -2.16. The summed E-state index contributed by atoms with van der Waals surface area (Å²) in [6, 6.07) is 13.0. The molecule has 184 valence electrons. The number of amides is 2. The fourth-order valence-corrected chi connectivity index (χ4v) is 4.20. The fraction of sp³-hybridized carbons (Fsp3) is 0.115. The molecule has 0 fully saturated rings. The molecule has 1 unspecified atom stereocenters. The minimum atomic E-state index is -1.17. The average Bonchev–Trinajstić information content (AvgIpc) is 2.87. The second-order valence-corrected chi connectivity index (χ2v) is 9.10. The zero-order chi connectivity index (χ0) is 26.2. The molecule has 0 bridgehead atoms. The number of nitrogens with zero attached hydrogens (tertiary/aromatic N) is 2. The van der Waals surface area contributed by atoms with Gasteiger partial charge in [-0.25, -0.2) is 4.98 Å². The van der Waals surface area contributed by atoms with E-state index in [-0.39, 0.29) is 17.0 Å². The Morgan fingerprint density at radius 3 is 2.47 bits per heavy atom. The zero-order valence-electron chi connectivity index (χ0n) is 18.8. The van der Waals surface area contributed by atoms with Gasteiger partial charge in [-0.15, -0.1) is 4.91 Å². The number of rotatable bonds is 8. The SMILES string of the molecule is C\C(C(=O)NC(Cc1ccc2nc(-c3c(Cl)cccc3Cl)ccc2c1)C(=O)N=O)=C(Cl)/C=C\C=C\Cl. The molecule has 0 saturated heterocycles. The molecular weight excluding hydrogens is 544 g/mol. The summed E-state index contributed by atoms with van der Waals surface area (Å²) in [6.45, 7) is 1.49. The first kappa shape index (κ1) is 27.6. The van der Waals surface area contributed by atoms with Gasteiger partial charge in [0.1, 0.15) is 6.04 Å². The highest BCUT2D eigenvalue weighted by atomic mass is 35.5. The number of carbonyl (C=O) groups excluding carboxylic acids is 2. The molecule has 3 rings (SSSR count). The van der Waals surface area contributed by atoms with E-state index in [9.17, 15) is 14.5 Å². The van der Waals surface area contributed by atoms with Crippen LogP contribution in [-0.2, 0) is 16.0 Å². The summed E-state index contributed by atoms with van der Waals surface area (Å²) in [4.78, 5) is 40.4. The van der Waals surface area contributed by atoms with Crippen molar-refractivity contribution >= 4 is 69.1 Å². The number of benzene rings is 2. The monoisotopic (exact) mass is 561 g/mol. The number of fused-ring (bicyclic) bond motifs is 1. The van der Waals surface area contributed by atoms with Crippen LogP contribution in [0.15, 0.2) is 88.1 Å². The van der Waals surface area contributed by atoms with Gasteiger partial charge in [-0.05, 0) is 48.9 Å². The van der Waals surface area contributed by atoms with Gasteiger partial charge >= 0.3 is 5.91 Å². The third-order valence-corrected chi connectivity index (χ3v) is 6.42. The maximum atomic E-state index is 12.6. The highest BCUT2D eigenvalue weighted by Crippen LogP contribution is 2.34. The standard InChI is InChI=1S/C26H19Cl4N3O3/c1-15(18(28)5-2-3-12-27)25(34)32-23(26(35)33-36)14-16-8-10-21-17(13-16)9-11-22(31-21)24-19(29)6-4-7-20(24)30/h2-13,23H,14H2,1H3,(H,32,34)/b5-2-,12-3+,18-15-. The Balaban J connectivity index is 1.85. The van der Waals surface area contributed by atoms with E-state index < -0.39 is 17.9 Å². The molecule has 2 aromatic carbocycles. The Labute approximate surface area is 227 Å². The van der Waals surface area contributed by atoms with E-state index in [1.807, 2.05) is 12.1 Å². The Hall–Kier alpha value is -3.03. The summed E-state index contributed by atoms with van der Waals surface area (Å²) < 4.78 is 0. The maximum absolute atomic E-state index is 12.6. The highest BCUT2D eigenvalue weighted by molar-refractivity contribution is 6.39. The van der Waals surface area contributed by atoms with Crippen LogP contribution in [0.2, 0.25) is 10.0 Å². The molecule has 1 aromatic heterocycles. The van der Waals surface area contributed by atoms with Crippen LogP contribution in [0.3, 0.4) is 0 Å². The summed E-state index contributed by atoms with van der Waals surface area (Å²) in [5.41, 5.74) is 4.06. The molecule has 2 amide bonds. The Kier molecular flexibility index (Phi) is 9.79. The molecule has 0 spiro atoms. The second-order valence-electron chi connectivity index (χ2n) is 7.63. The summed E-state index contributed by atoms with van der Waals surface area (Å²) >= 11 is 24.2. The lowest BCUT2D eigenvalue weighted by molar-refractivity contribution is -0.125. The van der Waals surface area contributed by atoms with Crippen molar-refractivity contribution in [3.05, 3.63) is 103 Å². The first-order valence-electron chi connectivity index (χ1n) is 10.6. The van der Waals surface area contributed by atoms with E-state index in [0.717, 1.165) is 5.39 Å². The van der Waals surface area contributed by atoms with Crippen LogP contribution >= 0.6 is 46.4 Å². The zero-order valence-corrected chi connectivity index (χ0v) is 21.9. The number of halogens is 4. The number of nitrogens with one attached hydrogen (secondary N) is 1. The van der Waals surface area contributed by atoms with Crippen molar-refractivity contribution in [1.82, 2.24) is 10.3 Å². The molecule has 0 aliphatic carbocycles. The van der Waals surface area contributed by atoms with Crippen LogP contribution in [0.4, 0.5) is 0 Å². The number of aromatic nitrogens is 1. The maximum Gasteiger partial charge on any atom is 0.308 e. The number of carbonyl (C=O) groups is 2. The van der Waals surface area contributed by atoms with Crippen molar-refractivity contribution in [2.24, 2.45) is 5.18 Å². The molecule has 1 atom stereocenters. The smallest absolute Gasteiger partial charge is 0.308 e. The lowest BCUT2D eigenvalue weighted by Crippen LogP contribution is -2.42. The lowest BCUT2D eigenvalue weighted by atomic mass is 10.0. The van der Waals surface area contributed by atoms with Gasteiger partial charge in [0, 0.05) is 38.7 Å². The Bertz CT molecular complexity index is 1400. The van der Waals surface area contributed by atoms with E-state index >= 15 is 0 Å². The van der Waals surface area contributed by atoms with Crippen molar-refractivity contribution in [1.29, 1.82) is 0 Å². The molecule has 0 radical (unpaired) electrons. The van der Waals surface area contributed by atoms with Gasteiger partial charge < -0.3 is 5.32 Å². The average molecular weight is 563 g/mol. The summed E-state index contributed by atoms with van der Waals surface area (Å²) in [7, 11) is 0. The van der Waals surface area contributed by atoms with Crippen molar-refractivity contribution in [3.8, 4) is 11.3 Å². The number of allylic oxidation sites excluding steroid dienone is 4. The van der Waals surface area contributed by atoms with Crippen LogP contribution in [0.1, 0.15) is 12.5 Å². The first-order valence-corrected chi connectivity index (χ1v) is 12.1. The van der Waals surface area contributed by atoms with E-state index in [2.05, 4.69) is 15.5 Å². The van der Waals surface area contributed by atoms with Gasteiger partial charge in [0.25, 0.3) is 0 Å². The van der Waals surface area contributed by atoms with Crippen molar-refractivity contribution in [2.75, 3.05) is 0 Å². The molecule has 0 aliphatic rings. The summed E-state index contributed by atoms with van der Waals surface area (Å²) in [5.74, 6) is -1.61. The van der Waals surface area contributed by atoms with Crippen LogP contribution in [0.25, 0.3) is 22.2 Å². The van der Waals surface area contributed by atoms with Gasteiger partial charge in [-0.2, -0.15) is 0 Å². The molecule has 0 aliphatic heterocycles. The van der Waals surface area contributed by atoms with Crippen LogP contribution < -0.4 is 5.32 Å². The van der Waals surface area contributed by atoms with Gasteiger partial charge in [-0.3, -0.25) is 9.59 Å². The number of hydrogen-bond acceptors (Lipinski definition) is 4. The second kappa shape index (κ2) is 12.8. The van der Waals surface area contributed by atoms with Crippen molar-refractivity contribution < 1.29 is 9.59 Å². The van der Waals surface area contributed by atoms with Gasteiger partial charge in [-0.1, -0.05) is 76.8 Å². The number of hydrogen-bond donors (Lipinski definition) is 1. The van der Waals surface area contributed by atoms with Crippen LogP contribution in [0.5, 0.6) is 0 Å². The van der Waals surface area contributed by atoms with Crippen LogP contribution in [0, 0.1) is 4.91 Å². The van der Waals surface area contributed by atoms with E-state index in [0.29, 0.717) is 32.4 Å². The van der Waals surface area contributed by atoms with E-state index in [1.165, 1.54) is 24.6 Å². The highest BCUT2D eigenvalue weighted by Gasteiger charge is 2.23. The molecule has 36 heavy (non-hydrogen) atoms. The quantitative estimate of drug-likeness (QED) is 0.176. The topological polar surface area (TPSA) is 88.5 Å². The third-order valence-electron chi connectivity index (χ3n) is 5.23. The van der Waals surface area contributed by atoms with Gasteiger partial charge in [0.15, 0.2) is 0 Å². The Morgan fingerprint density at radius 2 is 1.81 bits per heavy atom. The van der Waals surface area contributed by atoms with Gasteiger partial charge in [0.05, 0.1) is 21.3 Å². The predicted molar refractivity (Wildman–Crippen MR) is 146 cm³/mol. The van der Waals surface area contributed by atoms with Crippen LogP contribution in [-0.4, -0.2) is 22.8 Å². The molecule has 10 heteroatoms. The minimum Gasteiger partial charge on any atom is -0.340 e. The number of pyridine rings is 1. The molecular formula is C26H19Cl4N3O3. The van der Waals surface area contributed by atoms with Gasteiger partial charge in [0.2, 0.25) is 5.91 Å². The molecule has 6 nitrogen and oxygen atoms in total. The molecule has 1 N–H and O–H groups in total. The Morgan fingerprint density at radius 1 is 1.08 bits per heavy atom. The normalized spacial score (nSPS) is 13.1. The van der Waals surface area contributed by atoms with Crippen molar-refractivity contribution in [2.45, 2.75) is 19.4 Å². The fourth-order valence-electron chi connectivity index (χ4n) is 3.37. The molecule has 1 heterocycles. The largest absolute Gasteiger partial charge is 0.340 e. The molecule has 3 aromatic rings. The number of nitroso groups, excluding NO2 is 1.